The highest BCUT2D eigenvalue weighted by molar-refractivity contribution is 5.95. The molecular formula is C24H25N3O3. The number of ether oxygens (including phenoxy) is 1. The van der Waals surface area contributed by atoms with Crippen LogP contribution < -0.4 is 10.2 Å². The number of nitrogens with one attached hydrogen (secondary N) is 1. The molecule has 0 aliphatic carbocycles. The van der Waals surface area contributed by atoms with E-state index in [4.69, 9.17) is 10.00 Å². The molecular weight excluding hydrogens is 378 g/mol. The van der Waals surface area contributed by atoms with E-state index in [9.17, 15) is 9.59 Å². The number of hydrogen-bond acceptors (Lipinski definition) is 5. The Labute approximate surface area is 176 Å². The fraction of sp³-hybridized carbons (Fsp3) is 0.292. The van der Waals surface area contributed by atoms with E-state index in [-0.39, 0.29) is 0 Å². The molecule has 0 aromatic heterocycles. The van der Waals surface area contributed by atoms with Gasteiger partial charge in [-0.15, -0.1) is 0 Å². The molecule has 30 heavy (non-hydrogen) atoms. The molecule has 1 fully saturated rings. The maximum absolute atomic E-state index is 11.9. The minimum atomic E-state index is -0.602. The molecule has 1 heterocycles. The number of amides is 1. The number of nitrogens with zero attached hydrogens (tertiary/aromatic N) is 2. The lowest BCUT2D eigenvalue weighted by atomic mass is 10.1. The Morgan fingerprint density at radius 3 is 2.43 bits per heavy atom. The number of carbonyl (C=O) groups is 2. The summed E-state index contributed by atoms with van der Waals surface area (Å²) in [6, 6.07) is 16.7. The first-order chi connectivity index (χ1) is 14.7. The molecule has 6 nitrogen and oxygen atoms in total. The maximum Gasteiger partial charge on any atom is 0.331 e. The third-order valence-corrected chi connectivity index (χ3v) is 4.94. The van der Waals surface area contributed by atoms with Crippen LogP contribution in [0, 0.1) is 11.3 Å². The van der Waals surface area contributed by atoms with Gasteiger partial charge >= 0.3 is 5.97 Å². The molecule has 0 saturated carbocycles. The topological polar surface area (TPSA) is 82.4 Å². The smallest absolute Gasteiger partial charge is 0.331 e. The number of anilines is 2. The van der Waals surface area contributed by atoms with E-state index in [2.05, 4.69) is 22.3 Å². The lowest BCUT2D eigenvalue weighted by Crippen LogP contribution is -2.23. The lowest BCUT2D eigenvalue weighted by Gasteiger charge is -2.22. The van der Waals surface area contributed by atoms with Gasteiger partial charge in [0, 0.05) is 24.9 Å². The summed E-state index contributed by atoms with van der Waals surface area (Å²) in [6.45, 7) is 1.75. The summed E-state index contributed by atoms with van der Waals surface area (Å²) >= 11 is 0. The molecule has 0 radical (unpaired) electrons. The predicted molar refractivity (Wildman–Crippen MR) is 117 cm³/mol. The molecule has 1 saturated heterocycles. The van der Waals surface area contributed by atoms with Gasteiger partial charge in [0.2, 0.25) is 0 Å². The number of benzene rings is 2. The van der Waals surface area contributed by atoms with Crippen molar-refractivity contribution in [1.82, 2.24) is 0 Å². The van der Waals surface area contributed by atoms with Crippen LogP contribution in [0.4, 0.5) is 11.4 Å². The Balaban J connectivity index is 1.47. The van der Waals surface area contributed by atoms with Crippen molar-refractivity contribution < 1.29 is 14.3 Å². The normalized spacial score (nSPS) is 14.0. The van der Waals surface area contributed by atoms with Crippen LogP contribution in [-0.4, -0.2) is 31.6 Å². The summed E-state index contributed by atoms with van der Waals surface area (Å²) in [5.74, 6) is -1.10. The summed E-state index contributed by atoms with van der Waals surface area (Å²) in [5.41, 5.74) is 2.82. The first-order valence-corrected chi connectivity index (χ1v) is 10.1. The van der Waals surface area contributed by atoms with Gasteiger partial charge < -0.3 is 15.0 Å². The second kappa shape index (κ2) is 10.8. The number of esters is 1. The zero-order chi connectivity index (χ0) is 21.2. The van der Waals surface area contributed by atoms with Crippen molar-refractivity contribution in [1.29, 1.82) is 5.26 Å². The highest BCUT2D eigenvalue weighted by Crippen LogP contribution is 2.20. The average molecular weight is 403 g/mol. The van der Waals surface area contributed by atoms with Crippen LogP contribution in [0.1, 0.15) is 36.8 Å². The first-order valence-electron chi connectivity index (χ1n) is 10.1. The summed E-state index contributed by atoms with van der Waals surface area (Å²) in [4.78, 5) is 26.2. The Kier molecular flexibility index (Phi) is 7.62. The van der Waals surface area contributed by atoms with Gasteiger partial charge in [0.15, 0.2) is 6.61 Å². The van der Waals surface area contributed by atoms with Crippen LogP contribution in [0.5, 0.6) is 0 Å². The zero-order valence-electron chi connectivity index (χ0n) is 16.8. The molecule has 0 unspecified atom stereocenters. The van der Waals surface area contributed by atoms with E-state index >= 15 is 0 Å². The van der Waals surface area contributed by atoms with Crippen LogP contribution in [0.2, 0.25) is 0 Å². The van der Waals surface area contributed by atoms with E-state index in [0.29, 0.717) is 11.3 Å². The zero-order valence-corrected chi connectivity index (χ0v) is 16.8. The van der Waals surface area contributed by atoms with E-state index in [0.717, 1.165) is 18.7 Å². The molecule has 1 aliphatic heterocycles. The van der Waals surface area contributed by atoms with Crippen LogP contribution in [0.25, 0.3) is 6.08 Å². The molecule has 1 N–H and O–H groups in total. The summed E-state index contributed by atoms with van der Waals surface area (Å²) in [5, 5.41) is 11.6. The molecule has 0 atom stereocenters. The van der Waals surface area contributed by atoms with Gasteiger partial charge in [0.1, 0.15) is 6.07 Å². The highest BCUT2D eigenvalue weighted by Gasteiger charge is 2.10. The van der Waals surface area contributed by atoms with E-state index < -0.39 is 18.5 Å². The average Bonchev–Trinajstić information content (AvgIpc) is 3.06. The van der Waals surface area contributed by atoms with Crippen LogP contribution >= 0.6 is 0 Å². The molecule has 6 heteroatoms. The van der Waals surface area contributed by atoms with Crippen molar-refractivity contribution in [3.8, 4) is 6.07 Å². The molecule has 2 aromatic carbocycles. The van der Waals surface area contributed by atoms with Gasteiger partial charge in [-0.2, -0.15) is 5.26 Å². The minimum Gasteiger partial charge on any atom is -0.452 e. The summed E-state index contributed by atoms with van der Waals surface area (Å²) in [6.07, 6.45) is 8.01. The minimum absolute atomic E-state index is 0.348. The van der Waals surface area contributed by atoms with Crippen molar-refractivity contribution in [2.45, 2.75) is 25.7 Å². The molecule has 0 bridgehead atoms. The number of nitriles is 1. The van der Waals surface area contributed by atoms with Crippen molar-refractivity contribution >= 4 is 29.3 Å². The second-order valence-corrected chi connectivity index (χ2v) is 7.14. The predicted octanol–water partition coefficient (Wildman–Crippen LogP) is 4.13. The third-order valence-electron chi connectivity index (χ3n) is 4.94. The number of rotatable bonds is 6. The fourth-order valence-electron chi connectivity index (χ4n) is 3.35. The number of carbonyl (C=O) groups excluding carboxylic acids is 2. The molecule has 1 aliphatic rings. The van der Waals surface area contributed by atoms with Crippen molar-refractivity contribution in [2.75, 3.05) is 29.9 Å². The van der Waals surface area contributed by atoms with Gasteiger partial charge in [-0.1, -0.05) is 37.1 Å². The molecule has 2 aromatic rings. The maximum atomic E-state index is 11.9. The Morgan fingerprint density at radius 1 is 1.03 bits per heavy atom. The standard InChI is InChI=1S/C24H25N3O3/c25-17-20-7-3-4-8-22(20)26-23(28)18-30-24(29)14-11-19-9-12-21(13-10-19)27-15-5-1-2-6-16-27/h3-4,7-14H,1-2,5-6,15-16,18H2,(H,26,28)/b14-11+. The van der Waals surface area contributed by atoms with E-state index in [1.54, 1.807) is 30.3 Å². The second-order valence-electron chi connectivity index (χ2n) is 7.14. The quantitative estimate of drug-likeness (QED) is 0.579. The Morgan fingerprint density at radius 2 is 1.73 bits per heavy atom. The largest absolute Gasteiger partial charge is 0.452 e. The lowest BCUT2D eigenvalue weighted by molar-refractivity contribution is -0.142. The molecule has 154 valence electrons. The molecule has 1 amide bonds. The Hall–Kier alpha value is -3.59. The van der Waals surface area contributed by atoms with Gasteiger partial charge in [-0.25, -0.2) is 4.79 Å². The molecule has 3 rings (SSSR count). The number of hydrogen-bond donors (Lipinski definition) is 1. The van der Waals surface area contributed by atoms with Crippen molar-refractivity contribution in [3.05, 3.63) is 65.7 Å². The fourth-order valence-corrected chi connectivity index (χ4v) is 3.35. The highest BCUT2D eigenvalue weighted by atomic mass is 16.5. The van der Waals surface area contributed by atoms with Gasteiger partial charge in [0.05, 0.1) is 11.3 Å². The SMILES string of the molecule is N#Cc1ccccc1NC(=O)COC(=O)/C=C/c1ccc(N2CCCCCC2)cc1. The number of para-hydroxylation sites is 1. The van der Waals surface area contributed by atoms with Crippen LogP contribution in [0.3, 0.4) is 0 Å². The monoisotopic (exact) mass is 403 g/mol. The van der Waals surface area contributed by atoms with Crippen LogP contribution in [0.15, 0.2) is 54.6 Å². The van der Waals surface area contributed by atoms with Crippen LogP contribution in [-0.2, 0) is 14.3 Å². The third kappa shape index (κ3) is 6.21. The summed E-state index contributed by atoms with van der Waals surface area (Å²) in [7, 11) is 0. The Bertz CT molecular complexity index is 937. The van der Waals surface area contributed by atoms with E-state index in [1.165, 1.54) is 37.4 Å². The van der Waals surface area contributed by atoms with Crippen molar-refractivity contribution in [3.63, 3.8) is 0 Å². The van der Waals surface area contributed by atoms with E-state index in [1.807, 2.05) is 18.2 Å². The first kappa shape index (κ1) is 21.1. The van der Waals surface area contributed by atoms with Gasteiger partial charge in [0.25, 0.3) is 5.91 Å². The van der Waals surface area contributed by atoms with Crippen molar-refractivity contribution in [2.24, 2.45) is 0 Å². The molecule has 0 spiro atoms. The summed E-state index contributed by atoms with van der Waals surface area (Å²) < 4.78 is 4.98. The van der Waals surface area contributed by atoms with Gasteiger partial charge in [-0.3, -0.25) is 4.79 Å². The van der Waals surface area contributed by atoms with Gasteiger partial charge in [-0.05, 0) is 48.7 Å².